The van der Waals surface area contributed by atoms with Gasteiger partial charge in [0, 0.05) is 31.0 Å². The molecule has 4 N–H and O–H groups in total. The van der Waals surface area contributed by atoms with Crippen LogP contribution in [0.4, 0.5) is 0 Å². The Morgan fingerprint density at radius 2 is 1.32 bits per heavy atom. The topological polar surface area (TPSA) is 98.7 Å². The van der Waals surface area contributed by atoms with Crippen molar-refractivity contribution in [3.8, 4) is 0 Å². The van der Waals surface area contributed by atoms with Crippen LogP contribution < -0.4 is 10.6 Å². The summed E-state index contributed by atoms with van der Waals surface area (Å²) in [5, 5.41) is 22.6. The van der Waals surface area contributed by atoms with Crippen LogP contribution in [0, 0.1) is 35.0 Å². The Bertz CT molecular complexity index is 457. The van der Waals surface area contributed by atoms with Crippen LogP contribution in [0.2, 0.25) is 0 Å². The zero-order chi connectivity index (χ0) is 24.6. The number of aliphatic hydroxyl groups excluding tert-OH is 2. The van der Waals surface area contributed by atoms with Gasteiger partial charge >= 0.3 is 0 Å². The summed E-state index contributed by atoms with van der Waals surface area (Å²) < 4.78 is 0. The lowest BCUT2D eigenvalue weighted by molar-refractivity contribution is -0.129. The Hall–Kier alpha value is -1.14. The molecule has 1 aliphatic carbocycles. The molecule has 0 aromatic rings. The molecule has 0 aromatic heterocycles. The Labute approximate surface area is 192 Å². The van der Waals surface area contributed by atoms with Gasteiger partial charge in [-0.25, -0.2) is 0 Å². The third kappa shape index (κ3) is 18.2. The first-order valence-corrected chi connectivity index (χ1v) is 12.0. The van der Waals surface area contributed by atoms with E-state index >= 15 is 0 Å². The molecule has 1 fully saturated rings. The molecule has 0 aliphatic heterocycles. The zero-order valence-electron chi connectivity index (χ0n) is 21.8. The second-order valence-electron chi connectivity index (χ2n) is 10.8. The van der Waals surface area contributed by atoms with E-state index in [9.17, 15) is 9.59 Å². The van der Waals surface area contributed by atoms with Crippen molar-refractivity contribution in [1.82, 2.24) is 10.6 Å². The Balaban J connectivity index is 0. The minimum atomic E-state index is -0.346. The van der Waals surface area contributed by atoms with Crippen molar-refractivity contribution in [3.05, 3.63) is 0 Å². The van der Waals surface area contributed by atoms with E-state index < -0.39 is 0 Å². The van der Waals surface area contributed by atoms with Crippen LogP contribution in [-0.4, -0.2) is 48.3 Å². The molecule has 0 heterocycles. The Morgan fingerprint density at radius 3 is 1.65 bits per heavy atom. The Kier molecular flexibility index (Phi) is 18.0. The lowest BCUT2D eigenvalue weighted by Crippen LogP contribution is -2.40. The average molecular weight is 445 g/mol. The van der Waals surface area contributed by atoms with Crippen LogP contribution in [0.5, 0.6) is 0 Å². The van der Waals surface area contributed by atoms with Gasteiger partial charge in [-0.2, -0.15) is 0 Å². The smallest absolute Gasteiger partial charge is 0.225 e. The van der Waals surface area contributed by atoms with Crippen molar-refractivity contribution in [1.29, 1.82) is 0 Å². The highest BCUT2D eigenvalue weighted by Crippen LogP contribution is 2.28. The lowest BCUT2D eigenvalue weighted by Gasteiger charge is -2.28. The van der Waals surface area contributed by atoms with Gasteiger partial charge in [0.1, 0.15) is 0 Å². The molecule has 0 radical (unpaired) electrons. The van der Waals surface area contributed by atoms with Crippen molar-refractivity contribution in [2.75, 3.05) is 26.3 Å². The van der Waals surface area contributed by atoms with E-state index in [1.54, 1.807) is 0 Å². The van der Waals surface area contributed by atoms with Gasteiger partial charge in [0.2, 0.25) is 11.8 Å². The number of rotatable bonds is 7. The first-order valence-electron chi connectivity index (χ1n) is 12.0. The second-order valence-corrected chi connectivity index (χ2v) is 10.8. The third-order valence-corrected chi connectivity index (χ3v) is 5.56. The molecule has 1 rings (SSSR count). The second kappa shape index (κ2) is 17.4. The maximum absolute atomic E-state index is 11.8. The van der Waals surface area contributed by atoms with Crippen molar-refractivity contribution in [2.45, 2.75) is 88.0 Å². The first kappa shape index (κ1) is 32.0. The van der Waals surface area contributed by atoms with E-state index in [1.807, 2.05) is 34.6 Å². The molecule has 0 atom stereocenters. The number of carbonyl (C=O) groups is 2. The highest BCUT2D eigenvalue weighted by Gasteiger charge is 2.27. The minimum absolute atomic E-state index is 0.0140. The maximum atomic E-state index is 11.8. The predicted molar refractivity (Wildman–Crippen MR) is 130 cm³/mol. The van der Waals surface area contributed by atoms with E-state index in [1.165, 1.54) is 0 Å². The van der Waals surface area contributed by atoms with Gasteiger partial charge in [0.15, 0.2) is 0 Å². The van der Waals surface area contributed by atoms with Crippen molar-refractivity contribution in [3.63, 3.8) is 0 Å². The van der Waals surface area contributed by atoms with Gasteiger partial charge in [-0.15, -0.1) is 0 Å². The zero-order valence-corrected chi connectivity index (χ0v) is 21.8. The monoisotopic (exact) mass is 444 g/mol. The Morgan fingerprint density at radius 1 is 0.871 bits per heavy atom. The summed E-state index contributed by atoms with van der Waals surface area (Å²) in [6.45, 7) is 20.0. The fourth-order valence-corrected chi connectivity index (χ4v) is 2.45. The van der Waals surface area contributed by atoms with Gasteiger partial charge in [0.05, 0.1) is 6.61 Å². The summed E-state index contributed by atoms with van der Waals surface area (Å²) in [5.41, 5.74) is -0.346. The van der Waals surface area contributed by atoms with Crippen LogP contribution in [0.25, 0.3) is 0 Å². The van der Waals surface area contributed by atoms with E-state index in [4.69, 9.17) is 10.2 Å². The highest BCUT2D eigenvalue weighted by atomic mass is 16.3. The van der Waals surface area contributed by atoms with Crippen LogP contribution in [-0.2, 0) is 9.59 Å². The summed E-state index contributed by atoms with van der Waals surface area (Å²) in [6.07, 6.45) is 3.68. The van der Waals surface area contributed by atoms with E-state index in [-0.39, 0.29) is 29.8 Å². The number of carbonyl (C=O) groups excluding carboxylic acids is 2. The highest BCUT2D eigenvalue weighted by molar-refractivity contribution is 5.81. The van der Waals surface area contributed by atoms with Gasteiger partial charge in [0.25, 0.3) is 0 Å². The molecule has 6 heteroatoms. The van der Waals surface area contributed by atoms with Crippen LogP contribution >= 0.6 is 0 Å². The number of hydrogen-bond acceptors (Lipinski definition) is 4. The molecule has 0 unspecified atom stereocenters. The molecule has 1 aliphatic rings. The molecular weight excluding hydrogens is 392 g/mol. The standard InChI is InChI=1S/C15H28N2O3.C6H14.C4H10O/c1-15(2,3)14(20)17-10-11-4-6-12(7-5-11)13(19)16-8-9-18;1-5(2)6(3)4;1-4(2)3-5/h11-12,18H,4-10H2,1-3H3,(H,16,19)(H,17,20);5-6H,1-4H3;4-5H,3H2,1-2H3. The predicted octanol–water partition coefficient (Wildman–Crippen LogP) is 4.00. The van der Waals surface area contributed by atoms with E-state index in [2.05, 4.69) is 38.3 Å². The van der Waals surface area contributed by atoms with Gasteiger partial charge in [-0.05, 0) is 49.4 Å². The molecule has 0 spiro atoms. The van der Waals surface area contributed by atoms with E-state index in [0.29, 0.717) is 31.5 Å². The number of nitrogens with one attached hydrogen (secondary N) is 2. The lowest BCUT2D eigenvalue weighted by atomic mass is 9.81. The maximum Gasteiger partial charge on any atom is 0.225 e. The molecule has 0 aromatic carbocycles. The molecule has 186 valence electrons. The molecule has 31 heavy (non-hydrogen) atoms. The molecule has 1 saturated carbocycles. The molecule has 0 saturated heterocycles. The average Bonchev–Trinajstić information content (AvgIpc) is 2.70. The quantitative estimate of drug-likeness (QED) is 0.477. The molecule has 2 amide bonds. The van der Waals surface area contributed by atoms with Gasteiger partial charge in [-0.3, -0.25) is 9.59 Å². The summed E-state index contributed by atoms with van der Waals surface area (Å²) in [6, 6.07) is 0. The third-order valence-electron chi connectivity index (χ3n) is 5.56. The largest absolute Gasteiger partial charge is 0.396 e. The van der Waals surface area contributed by atoms with Crippen molar-refractivity contribution >= 4 is 11.8 Å². The SMILES string of the molecule is CC(C)(C)C(=O)NCC1CCC(C(=O)NCCO)CC1.CC(C)C(C)C.CC(C)CO. The van der Waals surface area contributed by atoms with Crippen LogP contribution in [0.15, 0.2) is 0 Å². The number of amides is 2. The van der Waals surface area contributed by atoms with E-state index in [0.717, 1.165) is 37.5 Å². The van der Waals surface area contributed by atoms with Crippen LogP contribution in [0.1, 0.15) is 88.0 Å². The fourth-order valence-electron chi connectivity index (χ4n) is 2.45. The minimum Gasteiger partial charge on any atom is -0.396 e. The van der Waals surface area contributed by atoms with Crippen molar-refractivity contribution < 1.29 is 19.8 Å². The molecule has 0 bridgehead atoms. The summed E-state index contributed by atoms with van der Waals surface area (Å²) in [7, 11) is 0. The fraction of sp³-hybridized carbons (Fsp3) is 0.920. The summed E-state index contributed by atoms with van der Waals surface area (Å²) in [4.78, 5) is 23.6. The number of aliphatic hydroxyl groups is 2. The normalized spacial score (nSPS) is 18.6. The van der Waals surface area contributed by atoms with Crippen LogP contribution in [0.3, 0.4) is 0 Å². The van der Waals surface area contributed by atoms with Gasteiger partial charge < -0.3 is 20.8 Å². The molecule has 6 nitrogen and oxygen atoms in total. The van der Waals surface area contributed by atoms with Gasteiger partial charge in [-0.1, -0.05) is 62.3 Å². The number of hydrogen-bond donors (Lipinski definition) is 4. The molecular formula is C25H52N2O4. The summed E-state index contributed by atoms with van der Waals surface area (Å²) in [5.74, 6) is 2.82. The summed E-state index contributed by atoms with van der Waals surface area (Å²) >= 11 is 0. The first-order chi connectivity index (χ1) is 14.3. The van der Waals surface area contributed by atoms with Crippen molar-refractivity contribution in [2.24, 2.45) is 35.0 Å².